The van der Waals surface area contributed by atoms with Gasteiger partial charge in [0.25, 0.3) is 11.8 Å². The summed E-state index contributed by atoms with van der Waals surface area (Å²) in [5, 5.41) is 21.5. The summed E-state index contributed by atoms with van der Waals surface area (Å²) in [6, 6.07) is 19.9. The van der Waals surface area contributed by atoms with E-state index in [0.29, 0.717) is 56.4 Å². The van der Waals surface area contributed by atoms with E-state index < -0.39 is 17.9 Å². The maximum absolute atomic E-state index is 14.4. The number of nitrogens with zero attached hydrogens (tertiary/aromatic N) is 2. The van der Waals surface area contributed by atoms with Crippen molar-refractivity contribution in [3.8, 4) is 28.4 Å². The molecule has 0 saturated heterocycles. The molecule has 226 valence electrons. The molecule has 0 fully saturated rings. The van der Waals surface area contributed by atoms with Crippen molar-refractivity contribution in [2.45, 2.75) is 25.6 Å². The standard InChI is InChI=1S/C34H31ClN2O7/c1-42-21-10-11-27-25(14-21)30-28(36(27)13-12-20(39)18-38)16-24(23-6-4-5-7-26(23)35)31-32(30)34(41)37(33(31)40)17-19-8-9-22(43-2)15-29(19)44-3/h4-11,14-16,20,38-39H,12-13,17-18H2,1-3H3. The van der Waals surface area contributed by atoms with Crippen LogP contribution >= 0.6 is 11.6 Å². The average Bonchev–Trinajstić information content (AvgIpc) is 3.49. The normalized spacial score (nSPS) is 13.5. The molecule has 10 heteroatoms. The summed E-state index contributed by atoms with van der Waals surface area (Å²) < 4.78 is 18.4. The van der Waals surface area contributed by atoms with Crippen molar-refractivity contribution in [1.82, 2.24) is 9.47 Å². The molecule has 2 heterocycles. The second-order valence-electron chi connectivity index (χ2n) is 10.6. The summed E-state index contributed by atoms with van der Waals surface area (Å²) in [6.07, 6.45) is -0.646. The van der Waals surface area contributed by atoms with Crippen LogP contribution in [0.25, 0.3) is 32.9 Å². The Morgan fingerprint density at radius 1 is 0.818 bits per heavy atom. The largest absolute Gasteiger partial charge is 0.497 e. The molecule has 4 aromatic carbocycles. The van der Waals surface area contributed by atoms with E-state index in [1.165, 1.54) is 12.0 Å². The molecule has 1 aromatic heterocycles. The van der Waals surface area contributed by atoms with Crippen LogP contribution in [-0.4, -0.2) is 65.5 Å². The van der Waals surface area contributed by atoms with Crippen molar-refractivity contribution < 1.29 is 34.0 Å². The van der Waals surface area contributed by atoms with Crippen molar-refractivity contribution in [3.63, 3.8) is 0 Å². The van der Waals surface area contributed by atoms with Gasteiger partial charge in [-0.3, -0.25) is 14.5 Å². The minimum Gasteiger partial charge on any atom is -0.497 e. The molecule has 1 aliphatic heterocycles. The number of carbonyl (C=O) groups excluding carboxylic acids is 2. The monoisotopic (exact) mass is 614 g/mol. The quantitative estimate of drug-likeness (QED) is 0.195. The number of amides is 2. The Morgan fingerprint density at radius 2 is 1.52 bits per heavy atom. The number of methoxy groups -OCH3 is 3. The van der Waals surface area contributed by atoms with Gasteiger partial charge in [-0.2, -0.15) is 0 Å². The minimum atomic E-state index is -0.920. The molecule has 9 nitrogen and oxygen atoms in total. The van der Waals surface area contributed by atoms with E-state index in [1.807, 2.05) is 41.0 Å². The van der Waals surface area contributed by atoms with Crippen molar-refractivity contribution in [2.75, 3.05) is 27.9 Å². The van der Waals surface area contributed by atoms with Crippen molar-refractivity contribution >= 4 is 45.2 Å². The number of aromatic nitrogens is 1. The fourth-order valence-corrected chi connectivity index (χ4v) is 6.20. The highest BCUT2D eigenvalue weighted by Crippen LogP contribution is 2.45. The van der Waals surface area contributed by atoms with Crippen LogP contribution in [0.2, 0.25) is 5.02 Å². The van der Waals surface area contributed by atoms with Gasteiger partial charge >= 0.3 is 0 Å². The number of aliphatic hydroxyl groups excluding tert-OH is 2. The molecule has 6 rings (SSSR count). The van der Waals surface area contributed by atoms with E-state index in [2.05, 4.69) is 0 Å². The molecule has 0 saturated carbocycles. The lowest BCUT2D eigenvalue weighted by Gasteiger charge is -2.17. The van der Waals surface area contributed by atoms with E-state index in [-0.39, 0.29) is 30.7 Å². The van der Waals surface area contributed by atoms with Gasteiger partial charge in [0, 0.05) is 45.0 Å². The average molecular weight is 615 g/mol. The third-order valence-corrected chi connectivity index (χ3v) is 8.49. The van der Waals surface area contributed by atoms with Gasteiger partial charge in [0.2, 0.25) is 0 Å². The molecule has 44 heavy (non-hydrogen) atoms. The van der Waals surface area contributed by atoms with Gasteiger partial charge in [0.15, 0.2) is 0 Å². The molecule has 0 radical (unpaired) electrons. The van der Waals surface area contributed by atoms with Crippen molar-refractivity contribution in [3.05, 3.63) is 88.4 Å². The topological polar surface area (TPSA) is 110 Å². The molecule has 2 amide bonds. The second-order valence-corrected chi connectivity index (χ2v) is 11.0. The minimum absolute atomic E-state index is 0.0202. The first-order chi connectivity index (χ1) is 21.3. The smallest absolute Gasteiger partial charge is 0.262 e. The number of aliphatic hydroxyl groups is 2. The zero-order valence-electron chi connectivity index (χ0n) is 24.5. The van der Waals surface area contributed by atoms with Gasteiger partial charge in [0.05, 0.1) is 57.2 Å². The summed E-state index contributed by atoms with van der Waals surface area (Å²) in [6.45, 7) is -0.0423. The van der Waals surface area contributed by atoms with E-state index in [4.69, 9.17) is 25.8 Å². The summed E-state index contributed by atoms with van der Waals surface area (Å²) in [5.74, 6) is 0.774. The van der Waals surface area contributed by atoms with E-state index in [0.717, 1.165) is 10.9 Å². The lowest BCUT2D eigenvalue weighted by molar-refractivity contribution is 0.0642. The molecule has 0 aliphatic carbocycles. The third-order valence-electron chi connectivity index (χ3n) is 8.16. The molecule has 0 spiro atoms. The zero-order valence-corrected chi connectivity index (χ0v) is 25.2. The Balaban J connectivity index is 1.63. The van der Waals surface area contributed by atoms with E-state index in [9.17, 15) is 19.8 Å². The fourth-order valence-electron chi connectivity index (χ4n) is 5.96. The molecule has 1 unspecified atom stereocenters. The Kier molecular flexibility index (Phi) is 7.94. The third kappa shape index (κ3) is 4.83. The summed E-state index contributed by atoms with van der Waals surface area (Å²) >= 11 is 6.69. The summed E-state index contributed by atoms with van der Waals surface area (Å²) in [5.41, 5.74) is 3.80. The second kappa shape index (κ2) is 11.8. The zero-order chi connectivity index (χ0) is 31.1. The van der Waals surface area contributed by atoms with Crippen molar-refractivity contribution in [2.24, 2.45) is 0 Å². The van der Waals surface area contributed by atoms with Crippen LogP contribution in [0.1, 0.15) is 32.7 Å². The van der Waals surface area contributed by atoms with Gasteiger partial charge in [-0.25, -0.2) is 0 Å². The van der Waals surface area contributed by atoms with Gasteiger partial charge in [-0.05, 0) is 54.4 Å². The SMILES string of the molecule is COc1ccc(CN2C(=O)c3c(-c4ccccc4Cl)cc4c(c3C2=O)c2cc(OC)ccc2n4CCC(O)CO)c(OC)c1. The Hall–Kier alpha value is -4.57. The number of fused-ring (bicyclic) bond motifs is 5. The molecule has 5 aromatic rings. The molecule has 0 bridgehead atoms. The van der Waals surface area contributed by atoms with E-state index in [1.54, 1.807) is 44.6 Å². The molecule has 2 N–H and O–H groups in total. The number of benzene rings is 4. The highest BCUT2D eigenvalue weighted by molar-refractivity contribution is 6.36. The van der Waals surface area contributed by atoms with Crippen LogP contribution in [-0.2, 0) is 13.1 Å². The Morgan fingerprint density at radius 3 is 2.23 bits per heavy atom. The number of carbonyl (C=O) groups is 2. The van der Waals surface area contributed by atoms with Gasteiger partial charge in [0.1, 0.15) is 17.2 Å². The fraction of sp³-hybridized carbons (Fsp3) is 0.235. The first-order valence-corrected chi connectivity index (χ1v) is 14.5. The molecular weight excluding hydrogens is 584 g/mol. The van der Waals surface area contributed by atoms with Crippen LogP contribution in [0.3, 0.4) is 0 Å². The van der Waals surface area contributed by atoms with Gasteiger partial charge in [-0.15, -0.1) is 0 Å². The number of hydrogen-bond acceptors (Lipinski definition) is 7. The first kappa shape index (κ1) is 29.5. The molecule has 1 atom stereocenters. The number of imide groups is 1. The highest BCUT2D eigenvalue weighted by atomic mass is 35.5. The summed E-state index contributed by atoms with van der Waals surface area (Å²) in [4.78, 5) is 30.0. The lowest BCUT2D eigenvalue weighted by Crippen LogP contribution is -2.29. The number of ether oxygens (including phenoxy) is 3. The van der Waals surface area contributed by atoms with Crippen LogP contribution in [0.5, 0.6) is 17.2 Å². The summed E-state index contributed by atoms with van der Waals surface area (Å²) in [7, 11) is 4.64. The lowest BCUT2D eigenvalue weighted by atomic mass is 9.93. The predicted molar refractivity (Wildman–Crippen MR) is 168 cm³/mol. The van der Waals surface area contributed by atoms with Gasteiger partial charge < -0.3 is 29.0 Å². The van der Waals surface area contributed by atoms with Gasteiger partial charge in [-0.1, -0.05) is 29.8 Å². The first-order valence-electron chi connectivity index (χ1n) is 14.1. The van der Waals surface area contributed by atoms with Crippen molar-refractivity contribution in [1.29, 1.82) is 0 Å². The van der Waals surface area contributed by atoms with Crippen LogP contribution in [0.4, 0.5) is 0 Å². The maximum atomic E-state index is 14.4. The number of halogens is 1. The van der Waals surface area contributed by atoms with E-state index >= 15 is 0 Å². The van der Waals surface area contributed by atoms with Crippen LogP contribution in [0, 0.1) is 0 Å². The molecule has 1 aliphatic rings. The van der Waals surface area contributed by atoms with Crippen LogP contribution in [0.15, 0.2) is 66.7 Å². The highest BCUT2D eigenvalue weighted by Gasteiger charge is 2.41. The van der Waals surface area contributed by atoms with Crippen LogP contribution < -0.4 is 14.2 Å². The number of rotatable bonds is 10. The maximum Gasteiger partial charge on any atom is 0.262 e. The Labute approximate surface area is 258 Å². The number of hydrogen-bond donors (Lipinski definition) is 2. The Bertz CT molecular complexity index is 1930. The molecular formula is C34H31ClN2O7. The number of aryl methyl sites for hydroxylation is 1. The predicted octanol–water partition coefficient (Wildman–Crippen LogP) is 5.68.